The molecule has 0 fully saturated rings. The van der Waals surface area contributed by atoms with Gasteiger partial charge in [0.15, 0.2) is 11.5 Å². The van der Waals surface area contributed by atoms with Gasteiger partial charge in [-0.3, -0.25) is 4.79 Å². The van der Waals surface area contributed by atoms with Gasteiger partial charge < -0.3 is 9.32 Å². The summed E-state index contributed by atoms with van der Waals surface area (Å²) in [4.78, 5) is 13.8. The van der Waals surface area contributed by atoms with Crippen LogP contribution in [0.4, 0.5) is 5.88 Å². The SMILES string of the molecule is CC.CCC.CCCN(C)c1cc(=O)c2scc(C)c2o1. The van der Waals surface area contributed by atoms with E-state index in [1.807, 2.05) is 38.1 Å². The van der Waals surface area contributed by atoms with Gasteiger partial charge in [-0.25, -0.2) is 0 Å². The molecule has 0 saturated heterocycles. The zero-order valence-electron chi connectivity index (χ0n) is 14.4. The summed E-state index contributed by atoms with van der Waals surface area (Å²) in [5, 5.41) is 1.96. The molecule has 0 N–H and O–H groups in total. The Labute approximate surface area is 132 Å². The zero-order valence-corrected chi connectivity index (χ0v) is 15.3. The predicted molar refractivity (Wildman–Crippen MR) is 96.0 cm³/mol. The molecule has 0 aliphatic rings. The molecule has 120 valence electrons. The molecule has 0 radical (unpaired) electrons. The first-order valence-corrected chi connectivity index (χ1v) is 8.66. The standard InChI is InChI=1S/C12H15NO2S.C3H8.C2H6/c1-4-5-13(3)10-6-9(14)12-11(15-10)8(2)7-16-12;1-3-2;1-2/h6-7H,4-5H2,1-3H3;3H2,1-2H3;1-2H3. The fraction of sp³-hybridized carbons (Fsp3) is 0.588. The van der Waals surface area contributed by atoms with E-state index in [2.05, 4.69) is 20.8 Å². The van der Waals surface area contributed by atoms with E-state index in [4.69, 9.17) is 4.42 Å². The van der Waals surface area contributed by atoms with Crippen molar-refractivity contribution >= 4 is 27.5 Å². The second kappa shape index (κ2) is 10.4. The Hall–Kier alpha value is -1.29. The summed E-state index contributed by atoms with van der Waals surface area (Å²) >= 11 is 1.45. The molecule has 0 unspecified atom stereocenters. The van der Waals surface area contributed by atoms with E-state index in [1.54, 1.807) is 6.07 Å². The number of thiophene rings is 1. The maximum absolute atomic E-state index is 11.8. The Balaban J connectivity index is 0.000000713. The average molecular weight is 311 g/mol. The van der Waals surface area contributed by atoms with Gasteiger partial charge in [0.1, 0.15) is 4.70 Å². The van der Waals surface area contributed by atoms with Crippen molar-refractivity contribution in [3.8, 4) is 0 Å². The van der Waals surface area contributed by atoms with E-state index in [-0.39, 0.29) is 5.43 Å². The van der Waals surface area contributed by atoms with Gasteiger partial charge in [-0.2, -0.15) is 0 Å². The number of rotatable bonds is 3. The van der Waals surface area contributed by atoms with Crippen molar-refractivity contribution in [2.75, 3.05) is 18.5 Å². The molecule has 2 rings (SSSR count). The summed E-state index contributed by atoms with van der Waals surface area (Å²) in [6.45, 7) is 13.2. The van der Waals surface area contributed by atoms with Crippen molar-refractivity contribution in [1.29, 1.82) is 0 Å². The van der Waals surface area contributed by atoms with Crippen molar-refractivity contribution in [3.63, 3.8) is 0 Å². The Kier molecular flexibility index (Phi) is 9.80. The highest BCUT2D eigenvalue weighted by molar-refractivity contribution is 7.17. The monoisotopic (exact) mass is 311 g/mol. The second-order valence-electron chi connectivity index (χ2n) is 4.65. The molecule has 0 saturated carbocycles. The van der Waals surface area contributed by atoms with Crippen LogP contribution in [0.1, 0.15) is 53.0 Å². The maximum Gasteiger partial charge on any atom is 0.204 e. The number of nitrogens with zero attached hydrogens (tertiary/aromatic N) is 1. The van der Waals surface area contributed by atoms with E-state index in [9.17, 15) is 4.79 Å². The van der Waals surface area contributed by atoms with E-state index in [0.29, 0.717) is 10.6 Å². The van der Waals surface area contributed by atoms with Gasteiger partial charge in [0.05, 0.1) is 0 Å². The normalized spacial score (nSPS) is 9.48. The molecule has 3 nitrogen and oxygen atoms in total. The summed E-state index contributed by atoms with van der Waals surface area (Å²) in [5.41, 5.74) is 1.82. The maximum atomic E-state index is 11.8. The van der Waals surface area contributed by atoms with Crippen LogP contribution in [0.5, 0.6) is 0 Å². The van der Waals surface area contributed by atoms with Crippen LogP contribution >= 0.6 is 11.3 Å². The van der Waals surface area contributed by atoms with Crippen molar-refractivity contribution < 1.29 is 4.42 Å². The first-order chi connectivity index (χ1) is 10.0. The van der Waals surface area contributed by atoms with Crippen LogP contribution in [-0.4, -0.2) is 13.6 Å². The van der Waals surface area contributed by atoms with Gasteiger partial charge in [-0.1, -0.05) is 41.0 Å². The van der Waals surface area contributed by atoms with Crippen molar-refractivity contribution in [2.45, 2.75) is 54.4 Å². The molecule has 0 amide bonds. The van der Waals surface area contributed by atoms with Gasteiger partial charge in [0.2, 0.25) is 5.43 Å². The van der Waals surface area contributed by atoms with E-state index >= 15 is 0 Å². The molecule has 4 heteroatoms. The number of aryl methyl sites for hydroxylation is 1. The van der Waals surface area contributed by atoms with Gasteiger partial charge in [-0.15, -0.1) is 11.3 Å². The predicted octanol–water partition coefficient (Wildman–Crippen LogP) is 5.45. The van der Waals surface area contributed by atoms with E-state index < -0.39 is 0 Å². The summed E-state index contributed by atoms with van der Waals surface area (Å²) in [6.07, 6.45) is 2.28. The van der Waals surface area contributed by atoms with Crippen LogP contribution in [-0.2, 0) is 0 Å². The van der Waals surface area contributed by atoms with Crippen LogP contribution in [0.15, 0.2) is 20.7 Å². The van der Waals surface area contributed by atoms with Gasteiger partial charge >= 0.3 is 0 Å². The Morgan fingerprint density at radius 1 is 1.24 bits per heavy atom. The van der Waals surface area contributed by atoms with Crippen LogP contribution in [0.2, 0.25) is 0 Å². The van der Waals surface area contributed by atoms with E-state index in [0.717, 1.165) is 24.1 Å². The lowest BCUT2D eigenvalue weighted by Crippen LogP contribution is -2.19. The van der Waals surface area contributed by atoms with Gasteiger partial charge in [0.25, 0.3) is 0 Å². The van der Waals surface area contributed by atoms with Crippen molar-refractivity contribution in [2.24, 2.45) is 0 Å². The van der Waals surface area contributed by atoms with Crippen molar-refractivity contribution in [3.05, 3.63) is 27.2 Å². The summed E-state index contributed by atoms with van der Waals surface area (Å²) < 4.78 is 6.48. The van der Waals surface area contributed by atoms with Gasteiger partial charge in [-0.05, 0) is 18.7 Å². The third kappa shape index (κ3) is 5.54. The summed E-state index contributed by atoms with van der Waals surface area (Å²) in [6, 6.07) is 1.58. The lowest BCUT2D eigenvalue weighted by molar-refractivity contribution is 0.582. The largest absolute Gasteiger partial charge is 0.439 e. The molecule has 0 aliphatic carbocycles. The highest BCUT2D eigenvalue weighted by atomic mass is 32.1. The summed E-state index contributed by atoms with van der Waals surface area (Å²) in [7, 11) is 1.94. The molecular weight excluding hydrogens is 282 g/mol. The quantitative estimate of drug-likeness (QED) is 0.755. The number of hydrogen-bond acceptors (Lipinski definition) is 4. The molecule has 0 spiro atoms. The first kappa shape index (κ1) is 19.7. The zero-order chi connectivity index (χ0) is 16.4. The minimum atomic E-state index is 0.0531. The molecule has 0 aromatic carbocycles. The molecule has 0 bridgehead atoms. The number of hydrogen-bond donors (Lipinski definition) is 0. The topological polar surface area (TPSA) is 33.5 Å². The fourth-order valence-electron chi connectivity index (χ4n) is 1.68. The molecule has 2 aromatic heterocycles. The smallest absolute Gasteiger partial charge is 0.204 e. The highest BCUT2D eigenvalue weighted by Gasteiger charge is 2.11. The Bertz CT molecular complexity index is 572. The van der Waals surface area contributed by atoms with Crippen LogP contribution in [0.3, 0.4) is 0 Å². The molecule has 2 heterocycles. The van der Waals surface area contributed by atoms with Crippen LogP contribution < -0.4 is 10.3 Å². The number of anilines is 1. The van der Waals surface area contributed by atoms with Crippen LogP contribution in [0, 0.1) is 6.92 Å². The molecule has 0 atom stereocenters. The van der Waals surface area contributed by atoms with Crippen LogP contribution in [0.25, 0.3) is 10.3 Å². The minimum Gasteiger partial charge on any atom is -0.439 e. The first-order valence-electron chi connectivity index (χ1n) is 7.78. The second-order valence-corrected chi connectivity index (χ2v) is 5.53. The Morgan fingerprint density at radius 2 is 1.81 bits per heavy atom. The lowest BCUT2D eigenvalue weighted by atomic mass is 10.3. The number of fused-ring (bicyclic) bond motifs is 1. The molecule has 0 aliphatic heterocycles. The lowest BCUT2D eigenvalue weighted by Gasteiger charge is -2.16. The molecule has 2 aromatic rings. The third-order valence-electron chi connectivity index (χ3n) is 2.54. The highest BCUT2D eigenvalue weighted by Crippen LogP contribution is 2.26. The van der Waals surface area contributed by atoms with Gasteiger partial charge in [0, 0.05) is 25.2 Å². The molecule has 21 heavy (non-hydrogen) atoms. The average Bonchev–Trinajstić information content (AvgIpc) is 2.84. The summed E-state index contributed by atoms with van der Waals surface area (Å²) in [5.74, 6) is 0.654. The van der Waals surface area contributed by atoms with E-state index in [1.165, 1.54) is 17.8 Å². The Morgan fingerprint density at radius 3 is 2.33 bits per heavy atom. The minimum absolute atomic E-state index is 0.0531. The third-order valence-corrected chi connectivity index (χ3v) is 3.63. The van der Waals surface area contributed by atoms with Crippen molar-refractivity contribution in [1.82, 2.24) is 0 Å². The fourth-order valence-corrected chi connectivity index (χ4v) is 2.56. The molecular formula is C17H29NO2S.